The van der Waals surface area contributed by atoms with Gasteiger partial charge in [-0.1, -0.05) is 79.7 Å². The fraction of sp³-hybridized carbons (Fsp3) is 0.424. The van der Waals surface area contributed by atoms with Crippen LogP contribution in [0.1, 0.15) is 54.1 Å². The quantitative estimate of drug-likeness (QED) is 0.339. The van der Waals surface area contributed by atoms with E-state index in [-0.39, 0.29) is 17.2 Å². The Balaban J connectivity index is 1.75. The lowest BCUT2D eigenvalue weighted by Crippen LogP contribution is -2.53. The third-order valence-corrected chi connectivity index (χ3v) is 8.30. The van der Waals surface area contributed by atoms with E-state index >= 15 is 0 Å². The normalized spacial score (nSPS) is 18.0. The van der Waals surface area contributed by atoms with E-state index < -0.39 is 5.60 Å². The molecule has 3 atom stereocenters. The number of benzene rings is 3. The molecular weight excluding hydrogens is 472 g/mol. The van der Waals surface area contributed by atoms with E-state index in [0.717, 1.165) is 44.7 Å². The predicted molar refractivity (Wildman–Crippen MR) is 155 cm³/mol. The van der Waals surface area contributed by atoms with Crippen molar-refractivity contribution < 1.29 is 14.6 Å². The molecule has 0 saturated carbocycles. The van der Waals surface area contributed by atoms with Crippen LogP contribution in [0.15, 0.2) is 84.9 Å². The number of hydrogen-bond donors (Lipinski definition) is 1. The first kappa shape index (κ1) is 28.0. The molecule has 1 N–H and O–H groups in total. The summed E-state index contributed by atoms with van der Waals surface area (Å²) in [7, 11) is 4.24. The van der Waals surface area contributed by atoms with E-state index in [1.807, 2.05) is 24.3 Å². The van der Waals surface area contributed by atoms with E-state index in [2.05, 4.69) is 79.3 Å². The van der Waals surface area contributed by atoms with Crippen LogP contribution in [0.2, 0.25) is 0 Å². The molecule has 5 nitrogen and oxygen atoms in total. The highest BCUT2D eigenvalue weighted by Crippen LogP contribution is 2.44. The standard InChI is InChI=1S/C33H42N2O3/c1-5-33(34(3)4,24-26-12-8-6-9-13-26)30(25-32(2,37)31(36)28-14-10-7-11-15-28)27-16-18-29(19-17-27)35-20-22-38-23-21-35/h6-19,30,37H,5,20-25H2,1-4H3. The van der Waals surface area contributed by atoms with Crippen LogP contribution in [0.4, 0.5) is 5.69 Å². The van der Waals surface area contributed by atoms with Crippen molar-refractivity contribution in [2.75, 3.05) is 45.3 Å². The number of carbonyl (C=O) groups is 1. The predicted octanol–water partition coefficient (Wildman–Crippen LogP) is 5.58. The number of Topliss-reactive ketones (excluding diaryl/α,β-unsaturated/α-hetero) is 1. The number of aliphatic hydroxyl groups is 1. The van der Waals surface area contributed by atoms with Crippen molar-refractivity contribution in [2.45, 2.75) is 50.2 Å². The van der Waals surface area contributed by atoms with Gasteiger partial charge in [0.05, 0.1) is 13.2 Å². The van der Waals surface area contributed by atoms with Crippen molar-refractivity contribution in [2.24, 2.45) is 0 Å². The minimum atomic E-state index is -1.53. The fourth-order valence-corrected chi connectivity index (χ4v) is 5.98. The Morgan fingerprint density at radius 3 is 2.08 bits per heavy atom. The van der Waals surface area contributed by atoms with Crippen LogP contribution in [0.3, 0.4) is 0 Å². The number of carbonyl (C=O) groups excluding carboxylic acids is 1. The van der Waals surface area contributed by atoms with Gasteiger partial charge in [0.25, 0.3) is 0 Å². The van der Waals surface area contributed by atoms with Crippen LogP contribution in [-0.2, 0) is 11.2 Å². The molecule has 0 radical (unpaired) electrons. The van der Waals surface area contributed by atoms with Gasteiger partial charge >= 0.3 is 0 Å². The van der Waals surface area contributed by atoms with Gasteiger partial charge in [0, 0.05) is 35.8 Å². The van der Waals surface area contributed by atoms with Crippen LogP contribution >= 0.6 is 0 Å². The molecule has 3 unspecified atom stereocenters. The maximum absolute atomic E-state index is 13.6. The molecule has 4 rings (SSSR count). The molecule has 0 aliphatic carbocycles. The Labute approximate surface area is 228 Å². The highest BCUT2D eigenvalue weighted by molar-refractivity contribution is 6.02. The van der Waals surface area contributed by atoms with E-state index in [0.29, 0.717) is 12.0 Å². The third kappa shape index (κ3) is 6.17. The third-order valence-electron chi connectivity index (χ3n) is 8.30. The Kier molecular flexibility index (Phi) is 9.03. The van der Waals surface area contributed by atoms with Gasteiger partial charge in [0.1, 0.15) is 5.60 Å². The minimum Gasteiger partial charge on any atom is -0.382 e. The van der Waals surface area contributed by atoms with Gasteiger partial charge in [0.2, 0.25) is 0 Å². The van der Waals surface area contributed by atoms with Gasteiger partial charge in [-0.05, 0) is 63.5 Å². The van der Waals surface area contributed by atoms with Gasteiger partial charge in [-0.15, -0.1) is 0 Å². The topological polar surface area (TPSA) is 53.0 Å². The Hall–Kier alpha value is -2.99. The lowest BCUT2D eigenvalue weighted by Gasteiger charge is -2.48. The highest BCUT2D eigenvalue weighted by atomic mass is 16.5. The molecule has 38 heavy (non-hydrogen) atoms. The Morgan fingerprint density at radius 2 is 1.53 bits per heavy atom. The molecule has 0 amide bonds. The maximum atomic E-state index is 13.6. The van der Waals surface area contributed by atoms with Gasteiger partial charge < -0.3 is 19.6 Å². The van der Waals surface area contributed by atoms with Gasteiger partial charge in [-0.2, -0.15) is 0 Å². The maximum Gasteiger partial charge on any atom is 0.194 e. The van der Waals surface area contributed by atoms with E-state index in [1.165, 1.54) is 11.3 Å². The Bertz CT molecular complexity index is 1160. The number of likely N-dealkylation sites (N-methyl/N-ethyl adjacent to an activating group) is 1. The van der Waals surface area contributed by atoms with Crippen molar-refractivity contribution >= 4 is 11.5 Å². The number of hydrogen-bond acceptors (Lipinski definition) is 5. The van der Waals surface area contributed by atoms with Crippen molar-refractivity contribution in [3.8, 4) is 0 Å². The summed E-state index contributed by atoms with van der Waals surface area (Å²) in [5.74, 6) is -0.333. The molecule has 1 aliphatic heterocycles. The average molecular weight is 515 g/mol. The van der Waals surface area contributed by atoms with Crippen molar-refractivity contribution in [3.63, 3.8) is 0 Å². The van der Waals surface area contributed by atoms with Gasteiger partial charge in [0.15, 0.2) is 5.78 Å². The van der Waals surface area contributed by atoms with Gasteiger partial charge in [-0.3, -0.25) is 4.79 Å². The molecule has 5 heteroatoms. The molecule has 202 valence electrons. The van der Waals surface area contributed by atoms with Crippen LogP contribution in [-0.4, -0.2) is 67.3 Å². The largest absolute Gasteiger partial charge is 0.382 e. The summed E-state index contributed by atoms with van der Waals surface area (Å²) in [6.45, 7) is 7.14. The van der Waals surface area contributed by atoms with Crippen LogP contribution < -0.4 is 4.90 Å². The van der Waals surface area contributed by atoms with Crippen molar-refractivity contribution in [1.82, 2.24) is 4.90 Å². The number of anilines is 1. The number of ether oxygens (including phenoxy) is 1. The summed E-state index contributed by atoms with van der Waals surface area (Å²) >= 11 is 0. The lowest BCUT2D eigenvalue weighted by atomic mass is 9.67. The van der Waals surface area contributed by atoms with E-state index in [4.69, 9.17) is 4.74 Å². The van der Waals surface area contributed by atoms with Crippen molar-refractivity contribution in [3.05, 3.63) is 102 Å². The molecule has 0 bridgehead atoms. The number of nitrogens with zero attached hydrogens (tertiary/aromatic N) is 2. The molecular formula is C33H42N2O3. The minimum absolute atomic E-state index is 0.0934. The monoisotopic (exact) mass is 514 g/mol. The molecule has 1 aliphatic rings. The fourth-order valence-electron chi connectivity index (χ4n) is 5.98. The number of ketones is 1. The van der Waals surface area contributed by atoms with Crippen LogP contribution in [0.25, 0.3) is 0 Å². The number of rotatable bonds is 11. The zero-order valence-corrected chi connectivity index (χ0v) is 23.3. The smallest absolute Gasteiger partial charge is 0.194 e. The second kappa shape index (κ2) is 12.2. The molecule has 3 aromatic carbocycles. The Morgan fingerprint density at radius 1 is 0.947 bits per heavy atom. The van der Waals surface area contributed by atoms with E-state index in [9.17, 15) is 9.90 Å². The second-order valence-electron chi connectivity index (χ2n) is 10.9. The van der Waals surface area contributed by atoms with Crippen LogP contribution in [0, 0.1) is 0 Å². The molecule has 1 fully saturated rings. The molecule has 1 saturated heterocycles. The van der Waals surface area contributed by atoms with Crippen LogP contribution in [0.5, 0.6) is 0 Å². The zero-order valence-electron chi connectivity index (χ0n) is 23.3. The first-order valence-electron chi connectivity index (χ1n) is 13.7. The summed E-state index contributed by atoms with van der Waals surface area (Å²) in [5.41, 5.74) is 2.25. The molecule has 0 aromatic heterocycles. The first-order valence-corrected chi connectivity index (χ1v) is 13.7. The van der Waals surface area contributed by atoms with Gasteiger partial charge in [-0.25, -0.2) is 0 Å². The van der Waals surface area contributed by atoms with Crippen molar-refractivity contribution in [1.29, 1.82) is 0 Å². The number of morpholine rings is 1. The lowest BCUT2D eigenvalue weighted by molar-refractivity contribution is 0.0141. The zero-order chi connectivity index (χ0) is 27.2. The highest BCUT2D eigenvalue weighted by Gasteiger charge is 2.45. The first-order chi connectivity index (χ1) is 18.3. The summed E-state index contributed by atoms with van der Waals surface area (Å²) in [6, 6.07) is 28.4. The average Bonchev–Trinajstić information content (AvgIpc) is 2.96. The summed E-state index contributed by atoms with van der Waals surface area (Å²) < 4.78 is 5.53. The summed E-state index contributed by atoms with van der Waals surface area (Å²) in [6.07, 6.45) is 1.99. The molecule has 0 spiro atoms. The summed E-state index contributed by atoms with van der Waals surface area (Å²) in [4.78, 5) is 18.2. The second-order valence-corrected chi connectivity index (χ2v) is 10.9. The summed E-state index contributed by atoms with van der Waals surface area (Å²) in [5, 5.41) is 11.7. The van der Waals surface area contributed by atoms with E-state index in [1.54, 1.807) is 19.1 Å². The molecule has 3 aromatic rings. The SMILES string of the molecule is CCC(Cc1ccccc1)(C(CC(C)(O)C(=O)c1ccccc1)c1ccc(N2CCOCC2)cc1)N(C)C. The molecule has 1 heterocycles.